The number of aromatic carboxylic acids is 1. The van der Waals surface area contributed by atoms with Crippen molar-refractivity contribution < 1.29 is 15.0 Å². The Labute approximate surface area is 213 Å². The summed E-state index contributed by atoms with van der Waals surface area (Å²) in [6, 6.07) is 21.9. The maximum absolute atomic E-state index is 11.2. The Balaban J connectivity index is 1.58. The van der Waals surface area contributed by atoms with E-state index in [-0.39, 0.29) is 17.5 Å². The van der Waals surface area contributed by atoms with Gasteiger partial charge in [0.2, 0.25) is 5.95 Å². The molecule has 2 aromatic heterocycles. The van der Waals surface area contributed by atoms with E-state index in [9.17, 15) is 15.0 Å². The maximum atomic E-state index is 11.2. The van der Waals surface area contributed by atoms with Crippen LogP contribution in [0.4, 0.5) is 11.6 Å². The molecule has 0 saturated heterocycles. The molecule has 0 aliphatic carbocycles. The molecule has 5 aromatic rings. The molecule has 4 N–H and O–H groups in total. The largest absolute Gasteiger partial charge is 0.494 e. The molecule has 0 radical (unpaired) electrons. The molecule has 3 aromatic carbocycles. The van der Waals surface area contributed by atoms with Gasteiger partial charge in [0, 0.05) is 40.5 Å². The highest BCUT2D eigenvalue weighted by Gasteiger charge is 2.19. The molecule has 37 heavy (non-hydrogen) atoms. The van der Waals surface area contributed by atoms with Crippen molar-refractivity contribution in [3.63, 3.8) is 0 Å². The van der Waals surface area contributed by atoms with E-state index in [1.165, 1.54) is 12.1 Å². The Bertz CT molecular complexity index is 1590. The van der Waals surface area contributed by atoms with Crippen molar-refractivity contribution >= 4 is 34.2 Å². The monoisotopic (exact) mass is 491 g/mol. The summed E-state index contributed by atoms with van der Waals surface area (Å²) in [5.41, 5.74) is 5.17. The van der Waals surface area contributed by atoms with Crippen molar-refractivity contribution in [3.05, 3.63) is 102 Å². The summed E-state index contributed by atoms with van der Waals surface area (Å²) in [5, 5.41) is 24.2. The summed E-state index contributed by atoms with van der Waals surface area (Å²) < 4.78 is 0. The van der Waals surface area contributed by atoms with Gasteiger partial charge in [0.1, 0.15) is 0 Å². The first kappa shape index (κ1) is 23.7. The summed E-state index contributed by atoms with van der Waals surface area (Å²) in [6.07, 6.45) is 3.53. The number of hydrogen-bond acceptors (Lipinski definition) is 6. The maximum Gasteiger partial charge on any atom is 0.335 e. The Hall–Kier alpha value is -4.98. The third-order valence-corrected chi connectivity index (χ3v) is 5.82. The van der Waals surface area contributed by atoms with Crippen molar-refractivity contribution in [2.45, 2.75) is 19.9 Å². The number of aromatic amines is 1. The minimum Gasteiger partial charge on any atom is -0.494 e. The van der Waals surface area contributed by atoms with E-state index in [0.717, 1.165) is 27.6 Å². The molecule has 0 fully saturated rings. The summed E-state index contributed by atoms with van der Waals surface area (Å²) in [5.74, 6) is -0.440. The lowest BCUT2D eigenvalue weighted by molar-refractivity contribution is 0.0697. The number of carboxylic acid groups (broad SMARTS) is 1. The number of H-pyrrole nitrogens is 1. The van der Waals surface area contributed by atoms with Crippen LogP contribution in [-0.4, -0.2) is 42.9 Å². The third-order valence-electron chi connectivity index (χ3n) is 5.82. The number of aliphatic imine (C=N–C) groups is 1. The molecule has 0 saturated carbocycles. The van der Waals surface area contributed by atoms with Crippen molar-refractivity contribution in [1.82, 2.24) is 15.0 Å². The van der Waals surface area contributed by atoms with Gasteiger partial charge in [0.05, 0.1) is 22.5 Å². The van der Waals surface area contributed by atoms with E-state index >= 15 is 0 Å². The second-order valence-electron chi connectivity index (χ2n) is 8.88. The molecule has 0 bridgehead atoms. The van der Waals surface area contributed by atoms with Crippen LogP contribution in [-0.2, 0) is 0 Å². The molecule has 8 nitrogen and oxygen atoms in total. The van der Waals surface area contributed by atoms with Crippen LogP contribution in [0, 0.1) is 0 Å². The average Bonchev–Trinajstić information content (AvgIpc) is 3.22. The summed E-state index contributed by atoms with van der Waals surface area (Å²) in [7, 11) is 0. The number of aromatic hydroxyl groups is 1. The zero-order chi connectivity index (χ0) is 25.9. The van der Waals surface area contributed by atoms with Crippen LogP contribution >= 0.6 is 0 Å². The molecule has 0 unspecified atom stereocenters. The van der Waals surface area contributed by atoms with Crippen LogP contribution < -0.4 is 5.32 Å². The number of benzene rings is 3. The second-order valence-corrected chi connectivity index (χ2v) is 8.88. The molecular formula is C29H25N5O3. The summed E-state index contributed by atoms with van der Waals surface area (Å²) >= 11 is 0. The number of carboxylic acids is 1. The van der Waals surface area contributed by atoms with Crippen molar-refractivity contribution in [2.24, 2.45) is 4.99 Å². The first-order valence-corrected chi connectivity index (χ1v) is 11.8. The Kier molecular flexibility index (Phi) is 6.38. The van der Waals surface area contributed by atoms with E-state index < -0.39 is 5.97 Å². The lowest BCUT2D eigenvalue weighted by atomic mass is 9.99. The number of anilines is 1. The summed E-state index contributed by atoms with van der Waals surface area (Å²) in [6.45, 7) is 4.05. The smallest absolute Gasteiger partial charge is 0.335 e. The molecule has 0 aliphatic rings. The lowest BCUT2D eigenvalue weighted by Gasteiger charge is -2.09. The Morgan fingerprint density at radius 1 is 0.919 bits per heavy atom. The quantitative estimate of drug-likeness (QED) is 0.207. The summed E-state index contributed by atoms with van der Waals surface area (Å²) in [4.78, 5) is 27.9. The van der Waals surface area contributed by atoms with Crippen molar-refractivity contribution in [1.29, 1.82) is 0 Å². The molecule has 5 rings (SSSR count). The fraction of sp³-hybridized carbons (Fsp3) is 0.103. The number of nitrogens with one attached hydrogen (secondary N) is 2. The molecule has 184 valence electrons. The predicted molar refractivity (Wildman–Crippen MR) is 145 cm³/mol. The van der Waals surface area contributed by atoms with Gasteiger partial charge in [0.15, 0.2) is 5.88 Å². The minimum atomic E-state index is -1.000. The van der Waals surface area contributed by atoms with Gasteiger partial charge in [-0.15, -0.1) is 0 Å². The highest BCUT2D eigenvalue weighted by molar-refractivity contribution is 6.22. The molecule has 8 heteroatoms. The molecule has 0 amide bonds. The van der Waals surface area contributed by atoms with E-state index in [2.05, 4.69) is 20.3 Å². The molecule has 2 heterocycles. The van der Waals surface area contributed by atoms with Gasteiger partial charge in [-0.2, -0.15) is 0 Å². The van der Waals surface area contributed by atoms with Crippen LogP contribution in [0.2, 0.25) is 0 Å². The lowest BCUT2D eigenvalue weighted by Crippen LogP contribution is -2.12. The van der Waals surface area contributed by atoms with Crippen LogP contribution in [0.25, 0.3) is 22.0 Å². The number of hydrogen-bond donors (Lipinski definition) is 4. The van der Waals surface area contributed by atoms with Gasteiger partial charge in [0.25, 0.3) is 0 Å². The highest BCUT2D eigenvalue weighted by atomic mass is 16.4. The number of carbonyl (C=O) groups is 1. The van der Waals surface area contributed by atoms with E-state index in [1.54, 1.807) is 24.5 Å². The van der Waals surface area contributed by atoms with Crippen molar-refractivity contribution in [3.8, 4) is 17.0 Å². The fourth-order valence-electron chi connectivity index (χ4n) is 4.08. The number of nitrogens with zero attached hydrogens (tertiary/aromatic N) is 3. The van der Waals surface area contributed by atoms with Crippen LogP contribution in [0.5, 0.6) is 5.88 Å². The van der Waals surface area contributed by atoms with Gasteiger partial charge >= 0.3 is 5.97 Å². The topological polar surface area (TPSA) is 123 Å². The number of aromatic nitrogens is 3. The normalized spacial score (nSPS) is 11.7. The van der Waals surface area contributed by atoms with Gasteiger partial charge in [-0.25, -0.2) is 19.8 Å². The second kappa shape index (κ2) is 9.94. The molecule has 0 atom stereocenters. The predicted octanol–water partition coefficient (Wildman–Crippen LogP) is 6.02. The van der Waals surface area contributed by atoms with Crippen LogP contribution in [0.1, 0.15) is 35.3 Å². The van der Waals surface area contributed by atoms with Gasteiger partial charge in [-0.05, 0) is 49.7 Å². The van der Waals surface area contributed by atoms with E-state index in [4.69, 9.17) is 4.99 Å². The average molecular weight is 492 g/mol. The minimum absolute atomic E-state index is 0.00959. The van der Waals surface area contributed by atoms with Gasteiger partial charge in [-0.1, -0.05) is 42.5 Å². The SMILES string of the molecule is CC(C)Nc1ncc(-c2ccc3c(C(=Nc4ccc(C(=O)O)cc4)c4ccccc4)c(O)[nH]c3c2)cn1. The molecule has 0 spiro atoms. The van der Waals surface area contributed by atoms with Crippen molar-refractivity contribution in [2.75, 3.05) is 5.32 Å². The third kappa shape index (κ3) is 5.04. The van der Waals surface area contributed by atoms with Crippen LogP contribution in [0.15, 0.2) is 90.2 Å². The molecular weight excluding hydrogens is 466 g/mol. The van der Waals surface area contributed by atoms with E-state index in [1.807, 2.05) is 62.4 Å². The fourth-order valence-corrected chi connectivity index (χ4v) is 4.08. The van der Waals surface area contributed by atoms with Gasteiger partial charge < -0.3 is 20.5 Å². The number of fused-ring (bicyclic) bond motifs is 1. The van der Waals surface area contributed by atoms with Crippen LogP contribution in [0.3, 0.4) is 0 Å². The first-order chi connectivity index (χ1) is 17.9. The zero-order valence-electron chi connectivity index (χ0n) is 20.3. The first-order valence-electron chi connectivity index (χ1n) is 11.8. The molecule has 0 aliphatic heterocycles. The van der Waals surface area contributed by atoms with Gasteiger partial charge in [-0.3, -0.25) is 0 Å². The standard InChI is InChI=1S/C29H25N5O3/c1-17(2)32-29-30-15-21(16-31-29)20-10-13-23-24(14-20)34-27(35)25(23)26(18-6-4-3-5-7-18)33-22-11-8-19(9-12-22)28(36)37/h3-17,34-35H,1-2H3,(H,36,37)(H,30,31,32). The highest BCUT2D eigenvalue weighted by Crippen LogP contribution is 2.34. The Morgan fingerprint density at radius 2 is 1.62 bits per heavy atom. The number of rotatable bonds is 7. The zero-order valence-corrected chi connectivity index (χ0v) is 20.3. The Morgan fingerprint density at radius 3 is 2.27 bits per heavy atom. The van der Waals surface area contributed by atoms with E-state index in [0.29, 0.717) is 22.9 Å².